The minimum Gasteiger partial charge on any atom is -0.497 e. The molecular formula is C16H26N2O2. The van der Waals surface area contributed by atoms with Crippen LogP contribution in [0.2, 0.25) is 0 Å². The molecule has 0 radical (unpaired) electrons. The van der Waals surface area contributed by atoms with Gasteiger partial charge in [-0.25, -0.2) is 0 Å². The molecule has 0 aliphatic heterocycles. The number of likely N-dealkylation sites (N-methyl/N-ethyl adjacent to an activating group) is 1. The van der Waals surface area contributed by atoms with Crippen LogP contribution >= 0.6 is 0 Å². The van der Waals surface area contributed by atoms with Crippen LogP contribution in [-0.2, 0) is 0 Å². The van der Waals surface area contributed by atoms with Gasteiger partial charge in [0, 0.05) is 30.3 Å². The molecule has 0 amide bonds. The highest BCUT2D eigenvalue weighted by Gasteiger charge is 2.31. The lowest BCUT2D eigenvalue weighted by Gasteiger charge is -2.28. The summed E-state index contributed by atoms with van der Waals surface area (Å²) in [4.78, 5) is 2.35. The Morgan fingerprint density at radius 2 is 2.00 bits per heavy atom. The maximum atomic E-state index is 6.36. The number of methoxy groups -OCH3 is 2. The van der Waals surface area contributed by atoms with Gasteiger partial charge in [0.05, 0.1) is 14.2 Å². The molecule has 4 heteroatoms. The fraction of sp³-hybridized carbons (Fsp3) is 0.625. The van der Waals surface area contributed by atoms with Gasteiger partial charge in [-0.3, -0.25) is 0 Å². The fourth-order valence-electron chi connectivity index (χ4n) is 2.64. The smallest absolute Gasteiger partial charge is 0.127 e. The lowest BCUT2D eigenvalue weighted by atomic mass is 10.0. The molecule has 1 saturated carbocycles. The number of rotatable bonds is 7. The van der Waals surface area contributed by atoms with Gasteiger partial charge in [0.25, 0.3) is 0 Å². The summed E-state index contributed by atoms with van der Waals surface area (Å²) in [7, 11) is 5.47. The third-order valence-electron chi connectivity index (χ3n) is 4.32. The second-order valence-electron chi connectivity index (χ2n) is 5.73. The molecule has 1 aliphatic rings. The molecule has 2 N–H and O–H groups in total. The third-order valence-corrected chi connectivity index (χ3v) is 4.32. The zero-order valence-electron chi connectivity index (χ0n) is 12.9. The highest BCUT2D eigenvalue weighted by Crippen LogP contribution is 2.35. The standard InChI is InChI=1S/C16H26N2O2/c1-11(12-5-6-12)18(2)10-15(17)14-8-7-13(19-3)9-16(14)20-4/h7-9,11-12,15H,5-6,10,17H2,1-4H3. The Hall–Kier alpha value is -1.26. The Morgan fingerprint density at radius 1 is 1.30 bits per heavy atom. The third kappa shape index (κ3) is 3.44. The molecule has 1 fully saturated rings. The van der Waals surface area contributed by atoms with E-state index in [0.29, 0.717) is 6.04 Å². The van der Waals surface area contributed by atoms with E-state index in [9.17, 15) is 0 Å². The largest absolute Gasteiger partial charge is 0.497 e. The molecule has 4 nitrogen and oxygen atoms in total. The lowest BCUT2D eigenvalue weighted by molar-refractivity contribution is 0.220. The Labute approximate surface area is 121 Å². The molecule has 1 aromatic rings. The lowest BCUT2D eigenvalue weighted by Crippen LogP contribution is -2.36. The zero-order chi connectivity index (χ0) is 14.7. The van der Waals surface area contributed by atoms with Crippen LogP contribution in [0.3, 0.4) is 0 Å². The van der Waals surface area contributed by atoms with Crippen LogP contribution in [0.25, 0.3) is 0 Å². The van der Waals surface area contributed by atoms with Crippen molar-refractivity contribution in [2.24, 2.45) is 11.7 Å². The number of ether oxygens (including phenoxy) is 2. The van der Waals surface area contributed by atoms with Crippen LogP contribution in [0.15, 0.2) is 18.2 Å². The van der Waals surface area contributed by atoms with Gasteiger partial charge in [-0.1, -0.05) is 6.07 Å². The molecule has 0 bridgehead atoms. The first kappa shape index (κ1) is 15.1. The van der Waals surface area contributed by atoms with E-state index in [1.807, 2.05) is 18.2 Å². The second-order valence-corrected chi connectivity index (χ2v) is 5.73. The zero-order valence-corrected chi connectivity index (χ0v) is 12.9. The first-order chi connectivity index (χ1) is 9.56. The van der Waals surface area contributed by atoms with Crippen molar-refractivity contribution in [2.75, 3.05) is 27.8 Å². The first-order valence-electron chi connectivity index (χ1n) is 7.24. The topological polar surface area (TPSA) is 47.7 Å². The van der Waals surface area contributed by atoms with Crippen LogP contribution in [0, 0.1) is 5.92 Å². The summed E-state index contributed by atoms with van der Waals surface area (Å²) in [6.07, 6.45) is 2.71. The Morgan fingerprint density at radius 3 is 2.55 bits per heavy atom. The van der Waals surface area contributed by atoms with Gasteiger partial charge in [-0.15, -0.1) is 0 Å². The SMILES string of the molecule is COc1ccc(C(N)CN(C)C(C)C2CC2)c(OC)c1. The Bertz CT molecular complexity index is 446. The number of hydrogen-bond donors (Lipinski definition) is 1. The highest BCUT2D eigenvalue weighted by molar-refractivity contribution is 5.42. The number of nitrogens with two attached hydrogens (primary N) is 1. The van der Waals surface area contributed by atoms with E-state index in [2.05, 4.69) is 18.9 Å². The van der Waals surface area contributed by atoms with Gasteiger partial charge in [0.2, 0.25) is 0 Å². The van der Waals surface area contributed by atoms with E-state index in [0.717, 1.165) is 29.5 Å². The molecule has 0 saturated heterocycles. The van der Waals surface area contributed by atoms with Crippen molar-refractivity contribution >= 4 is 0 Å². The molecule has 1 aromatic carbocycles. The Kier molecular flexibility index (Phi) is 4.89. The Balaban J connectivity index is 2.05. The molecule has 0 spiro atoms. The van der Waals surface area contributed by atoms with Crippen LogP contribution in [0.5, 0.6) is 11.5 Å². The van der Waals surface area contributed by atoms with Crippen LogP contribution in [0.1, 0.15) is 31.4 Å². The number of hydrogen-bond acceptors (Lipinski definition) is 4. The summed E-state index contributed by atoms with van der Waals surface area (Å²) in [6.45, 7) is 3.12. The summed E-state index contributed by atoms with van der Waals surface area (Å²) in [5.41, 5.74) is 7.39. The minimum absolute atomic E-state index is 0.0537. The van der Waals surface area contributed by atoms with Crippen molar-refractivity contribution in [2.45, 2.75) is 31.8 Å². The van der Waals surface area contributed by atoms with Gasteiger partial charge in [0.1, 0.15) is 11.5 Å². The maximum Gasteiger partial charge on any atom is 0.127 e. The summed E-state index contributed by atoms with van der Waals surface area (Å²) in [5.74, 6) is 2.44. The second kappa shape index (κ2) is 6.46. The van der Waals surface area contributed by atoms with Crippen molar-refractivity contribution in [1.29, 1.82) is 0 Å². The number of benzene rings is 1. The van der Waals surface area contributed by atoms with Gasteiger partial charge in [0.15, 0.2) is 0 Å². The molecule has 20 heavy (non-hydrogen) atoms. The predicted octanol–water partition coefficient (Wildman–Crippen LogP) is 2.43. The van der Waals surface area contributed by atoms with E-state index in [1.165, 1.54) is 12.8 Å². The van der Waals surface area contributed by atoms with E-state index in [-0.39, 0.29) is 6.04 Å². The first-order valence-corrected chi connectivity index (χ1v) is 7.24. The monoisotopic (exact) mass is 278 g/mol. The minimum atomic E-state index is -0.0537. The highest BCUT2D eigenvalue weighted by atomic mass is 16.5. The fourth-order valence-corrected chi connectivity index (χ4v) is 2.64. The van der Waals surface area contributed by atoms with E-state index >= 15 is 0 Å². The van der Waals surface area contributed by atoms with Crippen molar-refractivity contribution in [1.82, 2.24) is 4.90 Å². The van der Waals surface area contributed by atoms with Gasteiger partial charge >= 0.3 is 0 Å². The quantitative estimate of drug-likeness (QED) is 0.832. The summed E-state index contributed by atoms with van der Waals surface area (Å²) < 4.78 is 10.7. The van der Waals surface area contributed by atoms with Gasteiger partial charge in [-0.05, 0) is 38.8 Å². The van der Waals surface area contributed by atoms with Crippen molar-refractivity contribution < 1.29 is 9.47 Å². The van der Waals surface area contributed by atoms with Crippen molar-refractivity contribution in [3.63, 3.8) is 0 Å². The average Bonchev–Trinajstić information content (AvgIpc) is 3.30. The predicted molar refractivity (Wildman–Crippen MR) is 81.3 cm³/mol. The normalized spacial score (nSPS) is 17.9. The summed E-state index contributed by atoms with van der Waals surface area (Å²) in [6, 6.07) is 6.37. The maximum absolute atomic E-state index is 6.36. The van der Waals surface area contributed by atoms with Crippen molar-refractivity contribution in [3.8, 4) is 11.5 Å². The molecule has 2 rings (SSSR count). The van der Waals surface area contributed by atoms with E-state index in [4.69, 9.17) is 15.2 Å². The molecule has 2 unspecified atom stereocenters. The molecule has 0 aromatic heterocycles. The van der Waals surface area contributed by atoms with Crippen LogP contribution < -0.4 is 15.2 Å². The van der Waals surface area contributed by atoms with Crippen molar-refractivity contribution in [3.05, 3.63) is 23.8 Å². The summed E-state index contributed by atoms with van der Waals surface area (Å²) in [5, 5.41) is 0. The molecule has 1 aliphatic carbocycles. The van der Waals surface area contributed by atoms with Gasteiger partial charge < -0.3 is 20.1 Å². The summed E-state index contributed by atoms with van der Waals surface area (Å²) >= 11 is 0. The molecular weight excluding hydrogens is 252 g/mol. The van der Waals surface area contributed by atoms with Crippen LogP contribution in [-0.4, -0.2) is 38.8 Å². The molecule has 112 valence electrons. The average molecular weight is 278 g/mol. The van der Waals surface area contributed by atoms with E-state index < -0.39 is 0 Å². The van der Waals surface area contributed by atoms with Gasteiger partial charge in [-0.2, -0.15) is 0 Å². The number of nitrogens with zero attached hydrogens (tertiary/aromatic N) is 1. The van der Waals surface area contributed by atoms with E-state index in [1.54, 1.807) is 14.2 Å². The van der Waals surface area contributed by atoms with Crippen LogP contribution in [0.4, 0.5) is 0 Å². The molecule has 2 atom stereocenters. The molecule has 0 heterocycles.